The molecular weight excluding hydrogens is 244 g/mol. The van der Waals surface area contributed by atoms with E-state index in [0.717, 1.165) is 18.5 Å². The highest BCUT2D eigenvalue weighted by Gasteiger charge is 2.23. The summed E-state index contributed by atoms with van der Waals surface area (Å²) in [6.45, 7) is 4.83. The Morgan fingerprint density at radius 1 is 1.05 bits per heavy atom. The maximum atomic E-state index is 3.74. The van der Waals surface area contributed by atoms with Gasteiger partial charge in [-0.15, -0.1) is 0 Å². The highest BCUT2D eigenvalue weighted by atomic mass is 15.1. The lowest BCUT2D eigenvalue weighted by Gasteiger charge is -2.31. The Morgan fingerprint density at radius 2 is 1.80 bits per heavy atom. The van der Waals surface area contributed by atoms with Crippen LogP contribution in [0.15, 0.2) is 36.4 Å². The predicted octanol–water partition coefficient (Wildman–Crippen LogP) is 3.16. The molecule has 1 heterocycles. The Hall–Kier alpha value is -1.12. The minimum atomic E-state index is 0.768. The molecule has 0 spiro atoms. The van der Waals surface area contributed by atoms with E-state index < -0.39 is 0 Å². The Bertz CT molecular complexity index is 414. The van der Waals surface area contributed by atoms with E-state index in [-0.39, 0.29) is 0 Å². The van der Waals surface area contributed by atoms with E-state index in [1.807, 2.05) is 0 Å². The van der Waals surface area contributed by atoms with E-state index in [0.29, 0.717) is 0 Å². The predicted molar refractivity (Wildman–Crippen MR) is 85.7 cm³/mol. The summed E-state index contributed by atoms with van der Waals surface area (Å²) in [5.74, 6) is 1.00. The number of hydrogen-bond acceptors (Lipinski definition) is 2. The fourth-order valence-electron chi connectivity index (χ4n) is 2.88. The first-order chi connectivity index (χ1) is 9.90. The third-order valence-corrected chi connectivity index (χ3v) is 4.45. The summed E-state index contributed by atoms with van der Waals surface area (Å²) in [4.78, 5) is 2.56. The zero-order chi connectivity index (χ0) is 13.6. The Kier molecular flexibility index (Phi) is 4.88. The summed E-state index contributed by atoms with van der Waals surface area (Å²) >= 11 is 0. The van der Waals surface area contributed by atoms with Gasteiger partial charge in [-0.25, -0.2) is 0 Å². The lowest BCUT2D eigenvalue weighted by Crippen LogP contribution is -2.43. The van der Waals surface area contributed by atoms with E-state index in [1.54, 1.807) is 0 Å². The molecule has 0 radical (unpaired) electrons. The topological polar surface area (TPSA) is 15.3 Å². The van der Waals surface area contributed by atoms with Crippen molar-refractivity contribution in [2.45, 2.75) is 31.7 Å². The van der Waals surface area contributed by atoms with Crippen LogP contribution in [0, 0.1) is 5.92 Å². The number of hydrogen-bond donors (Lipinski definition) is 1. The molecule has 2 aliphatic rings. The highest BCUT2D eigenvalue weighted by Crippen LogP contribution is 2.28. The third kappa shape index (κ3) is 4.46. The quantitative estimate of drug-likeness (QED) is 0.854. The van der Waals surface area contributed by atoms with E-state index in [9.17, 15) is 0 Å². The lowest BCUT2D eigenvalue weighted by atomic mass is 10.0. The molecule has 1 aliphatic carbocycles. The van der Waals surface area contributed by atoms with Crippen molar-refractivity contribution in [2.75, 3.05) is 26.2 Å². The van der Waals surface area contributed by atoms with Gasteiger partial charge in [0.2, 0.25) is 0 Å². The number of benzene rings is 1. The van der Waals surface area contributed by atoms with Crippen molar-refractivity contribution >= 4 is 6.08 Å². The number of rotatable bonds is 6. The number of nitrogens with zero attached hydrogens (tertiary/aromatic N) is 1. The van der Waals surface area contributed by atoms with Gasteiger partial charge in [-0.05, 0) is 56.8 Å². The highest BCUT2D eigenvalue weighted by molar-refractivity contribution is 5.48. The van der Waals surface area contributed by atoms with Gasteiger partial charge in [-0.3, -0.25) is 4.90 Å². The average Bonchev–Trinajstić information content (AvgIpc) is 3.32. The number of likely N-dealkylation sites (tertiary alicyclic amines) is 1. The minimum Gasteiger partial charge on any atom is -0.314 e. The molecule has 0 unspecified atom stereocenters. The standard InChI is InChI=1S/C18H26N2/c1-2-5-16(6-3-1)7-4-12-20-13-10-18(11-14-20)19-15-17-8-9-17/h1-7,17-19H,8-15H2/b7-4+. The van der Waals surface area contributed by atoms with E-state index >= 15 is 0 Å². The first-order valence-electron chi connectivity index (χ1n) is 8.07. The van der Waals surface area contributed by atoms with Crippen molar-refractivity contribution in [3.63, 3.8) is 0 Å². The number of piperidine rings is 1. The van der Waals surface area contributed by atoms with Crippen LogP contribution < -0.4 is 5.32 Å². The van der Waals surface area contributed by atoms with Gasteiger partial charge in [0.25, 0.3) is 0 Å². The Labute approximate surface area is 122 Å². The molecule has 0 atom stereocenters. The van der Waals surface area contributed by atoms with Gasteiger partial charge in [0.05, 0.1) is 0 Å². The van der Waals surface area contributed by atoms with Gasteiger partial charge in [-0.2, -0.15) is 0 Å². The summed E-state index contributed by atoms with van der Waals surface area (Å²) in [6, 6.07) is 11.3. The minimum absolute atomic E-state index is 0.768. The zero-order valence-corrected chi connectivity index (χ0v) is 12.3. The average molecular weight is 270 g/mol. The molecule has 1 aromatic carbocycles. The molecule has 3 rings (SSSR count). The second kappa shape index (κ2) is 7.05. The smallest absolute Gasteiger partial charge is 0.0166 e. The lowest BCUT2D eigenvalue weighted by molar-refractivity contribution is 0.215. The second-order valence-electron chi connectivity index (χ2n) is 6.24. The van der Waals surface area contributed by atoms with Crippen LogP contribution in [0.3, 0.4) is 0 Å². The van der Waals surface area contributed by atoms with Crippen LogP contribution in [0.1, 0.15) is 31.2 Å². The molecule has 0 bridgehead atoms. The van der Waals surface area contributed by atoms with Crippen LogP contribution >= 0.6 is 0 Å². The second-order valence-corrected chi connectivity index (χ2v) is 6.24. The van der Waals surface area contributed by atoms with Crippen LogP contribution in [-0.2, 0) is 0 Å². The van der Waals surface area contributed by atoms with Crippen LogP contribution in [0.5, 0.6) is 0 Å². The molecule has 20 heavy (non-hydrogen) atoms. The van der Waals surface area contributed by atoms with E-state index in [2.05, 4.69) is 52.7 Å². The zero-order valence-electron chi connectivity index (χ0n) is 12.3. The van der Waals surface area contributed by atoms with Crippen LogP contribution in [0.2, 0.25) is 0 Å². The molecule has 0 amide bonds. The monoisotopic (exact) mass is 270 g/mol. The molecule has 2 nitrogen and oxygen atoms in total. The molecule has 1 saturated carbocycles. The van der Waals surface area contributed by atoms with Crippen molar-refractivity contribution in [3.8, 4) is 0 Å². The molecule has 108 valence electrons. The van der Waals surface area contributed by atoms with Crippen molar-refractivity contribution in [3.05, 3.63) is 42.0 Å². The SMILES string of the molecule is C(=C\c1ccccc1)/CN1CCC(NCC2CC2)CC1. The Balaban J connectivity index is 1.34. The van der Waals surface area contributed by atoms with Crippen molar-refractivity contribution in [1.29, 1.82) is 0 Å². The maximum absolute atomic E-state index is 3.74. The fraction of sp³-hybridized carbons (Fsp3) is 0.556. The summed E-state index contributed by atoms with van der Waals surface area (Å²) < 4.78 is 0. The van der Waals surface area contributed by atoms with E-state index in [4.69, 9.17) is 0 Å². The van der Waals surface area contributed by atoms with Crippen LogP contribution in [0.4, 0.5) is 0 Å². The molecule has 1 aliphatic heterocycles. The first kappa shape index (κ1) is 13.8. The van der Waals surface area contributed by atoms with Gasteiger partial charge in [0.15, 0.2) is 0 Å². The van der Waals surface area contributed by atoms with Crippen molar-refractivity contribution < 1.29 is 0 Å². The van der Waals surface area contributed by atoms with Gasteiger partial charge < -0.3 is 5.32 Å². The summed E-state index contributed by atoms with van der Waals surface area (Å²) in [5.41, 5.74) is 1.30. The third-order valence-electron chi connectivity index (χ3n) is 4.45. The first-order valence-corrected chi connectivity index (χ1v) is 8.07. The molecule has 1 saturated heterocycles. The van der Waals surface area contributed by atoms with Gasteiger partial charge in [-0.1, -0.05) is 42.5 Å². The summed E-state index contributed by atoms with van der Waals surface area (Å²) in [6.07, 6.45) is 10.1. The summed E-state index contributed by atoms with van der Waals surface area (Å²) in [5, 5.41) is 3.74. The molecule has 0 aromatic heterocycles. The van der Waals surface area contributed by atoms with Crippen molar-refractivity contribution in [2.24, 2.45) is 5.92 Å². The summed E-state index contributed by atoms with van der Waals surface area (Å²) in [7, 11) is 0. The normalized spacial score (nSPS) is 21.6. The molecule has 1 aromatic rings. The number of nitrogens with one attached hydrogen (secondary N) is 1. The maximum Gasteiger partial charge on any atom is 0.0166 e. The van der Waals surface area contributed by atoms with Gasteiger partial charge in [0, 0.05) is 12.6 Å². The van der Waals surface area contributed by atoms with Gasteiger partial charge >= 0.3 is 0 Å². The van der Waals surface area contributed by atoms with Gasteiger partial charge in [0.1, 0.15) is 0 Å². The fourth-order valence-corrected chi connectivity index (χ4v) is 2.88. The van der Waals surface area contributed by atoms with Crippen LogP contribution in [0.25, 0.3) is 6.08 Å². The molecule has 2 fully saturated rings. The van der Waals surface area contributed by atoms with Crippen LogP contribution in [-0.4, -0.2) is 37.1 Å². The van der Waals surface area contributed by atoms with E-state index in [1.165, 1.54) is 50.9 Å². The van der Waals surface area contributed by atoms with Crippen molar-refractivity contribution in [1.82, 2.24) is 10.2 Å². The largest absolute Gasteiger partial charge is 0.314 e. The molecule has 1 N–H and O–H groups in total. The Morgan fingerprint density at radius 3 is 2.50 bits per heavy atom. The molecular formula is C18H26N2. The molecule has 2 heteroatoms.